The monoisotopic (exact) mass is 381 g/mol. The molecular weight excluding hydrogens is 350 g/mol. The zero-order chi connectivity index (χ0) is 19.7. The van der Waals surface area contributed by atoms with Crippen LogP contribution >= 0.6 is 0 Å². The molecule has 6 heteroatoms. The average Bonchev–Trinajstić information content (AvgIpc) is 2.69. The fraction of sp³-hybridized carbons (Fsp3) is 0.591. The van der Waals surface area contributed by atoms with Gasteiger partial charge in [-0.3, -0.25) is 9.69 Å². The number of aromatic amines is 1. The summed E-state index contributed by atoms with van der Waals surface area (Å²) >= 11 is 0. The Morgan fingerprint density at radius 1 is 1.14 bits per heavy atom. The number of anilines is 1. The Morgan fingerprint density at radius 2 is 1.93 bits per heavy atom. The van der Waals surface area contributed by atoms with E-state index in [4.69, 9.17) is 4.98 Å². The Labute approximate surface area is 167 Å². The van der Waals surface area contributed by atoms with Crippen molar-refractivity contribution in [2.24, 2.45) is 0 Å². The molecule has 0 amide bonds. The Hall–Kier alpha value is -2.21. The number of hydrogen-bond donors (Lipinski definition) is 1. The van der Waals surface area contributed by atoms with Gasteiger partial charge in [0, 0.05) is 56.3 Å². The Morgan fingerprint density at radius 3 is 2.68 bits per heavy atom. The summed E-state index contributed by atoms with van der Waals surface area (Å²) in [6.45, 7) is 10.8. The molecule has 2 aliphatic heterocycles. The molecule has 0 bridgehead atoms. The molecule has 0 radical (unpaired) electrons. The van der Waals surface area contributed by atoms with Gasteiger partial charge in [-0.15, -0.1) is 0 Å². The first-order valence-electron chi connectivity index (χ1n) is 10.5. The number of nitrogens with zero attached hydrogens (tertiary/aromatic N) is 4. The van der Waals surface area contributed by atoms with Gasteiger partial charge in [-0.25, -0.2) is 9.97 Å². The average molecular weight is 382 g/mol. The summed E-state index contributed by atoms with van der Waals surface area (Å²) in [6.07, 6.45) is 6.51. The molecule has 2 aliphatic rings. The maximum atomic E-state index is 12.7. The Kier molecular flexibility index (Phi) is 5.23. The first kappa shape index (κ1) is 19.1. The third-order valence-electron chi connectivity index (χ3n) is 5.78. The second kappa shape index (κ2) is 7.66. The largest absolute Gasteiger partial charge is 0.356 e. The van der Waals surface area contributed by atoms with E-state index < -0.39 is 0 Å². The van der Waals surface area contributed by atoms with Gasteiger partial charge in [-0.2, -0.15) is 0 Å². The van der Waals surface area contributed by atoms with Crippen LogP contribution in [0.2, 0.25) is 0 Å². The quantitative estimate of drug-likeness (QED) is 0.885. The number of H-pyrrole nitrogens is 1. The van der Waals surface area contributed by atoms with Crippen molar-refractivity contribution in [1.29, 1.82) is 0 Å². The molecule has 6 nitrogen and oxygen atoms in total. The van der Waals surface area contributed by atoms with Gasteiger partial charge in [0.25, 0.3) is 5.56 Å². The second-order valence-corrected chi connectivity index (χ2v) is 9.08. The van der Waals surface area contributed by atoms with Gasteiger partial charge in [-0.05, 0) is 25.3 Å². The highest BCUT2D eigenvalue weighted by atomic mass is 16.1. The minimum absolute atomic E-state index is 0.0158. The lowest BCUT2D eigenvalue weighted by atomic mass is 9.95. The zero-order valence-electron chi connectivity index (χ0n) is 17.3. The number of fused-ring (bicyclic) bond motifs is 1. The van der Waals surface area contributed by atoms with Gasteiger partial charge in [0.15, 0.2) is 0 Å². The molecule has 4 heterocycles. The molecule has 2 aromatic heterocycles. The molecule has 2 aromatic rings. The third-order valence-corrected chi connectivity index (χ3v) is 5.78. The predicted octanol–water partition coefficient (Wildman–Crippen LogP) is 3.01. The molecular formula is C22H31N5O. The highest BCUT2D eigenvalue weighted by molar-refractivity contribution is 5.47. The number of pyridine rings is 1. The highest BCUT2D eigenvalue weighted by Crippen LogP contribution is 2.25. The predicted molar refractivity (Wildman–Crippen MR) is 112 cm³/mol. The molecule has 28 heavy (non-hydrogen) atoms. The van der Waals surface area contributed by atoms with Crippen LogP contribution in [0.25, 0.3) is 0 Å². The van der Waals surface area contributed by atoms with Crippen LogP contribution in [0.5, 0.6) is 0 Å². The smallest absolute Gasteiger partial charge is 0.255 e. The van der Waals surface area contributed by atoms with Crippen molar-refractivity contribution in [1.82, 2.24) is 19.9 Å². The normalized spacial score (nSPS) is 18.2. The summed E-state index contributed by atoms with van der Waals surface area (Å²) in [4.78, 5) is 29.9. The van der Waals surface area contributed by atoms with Crippen LogP contribution in [0.3, 0.4) is 0 Å². The fourth-order valence-corrected chi connectivity index (χ4v) is 4.16. The summed E-state index contributed by atoms with van der Waals surface area (Å²) in [6, 6.07) is 4.20. The molecule has 1 N–H and O–H groups in total. The number of aromatic nitrogens is 3. The Balaban J connectivity index is 1.54. The van der Waals surface area contributed by atoms with Crippen LogP contribution < -0.4 is 10.5 Å². The lowest BCUT2D eigenvalue weighted by molar-refractivity contribution is 0.240. The van der Waals surface area contributed by atoms with Crippen molar-refractivity contribution in [3.05, 3.63) is 51.3 Å². The zero-order valence-corrected chi connectivity index (χ0v) is 17.3. The van der Waals surface area contributed by atoms with Crippen LogP contribution in [-0.2, 0) is 24.9 Å². The standard InChI is InChI=1S/C22H31N5O/c1-22(2,3)21-24-18-9-13-26(15-17(18)20(28)25-21)14-16-8-7-10-23-19(16)27-11-5-4-6-12-27/h7-8,10H,4-6,9,11-15H2,1-3H3,(H,24,25,28). The SMILES string of the molecule is CC(C)(C)c1nc2c(c(=O)[nH]1)CN(Cc1cccnc1N1CCCCC1)CC2. The van der Waals surface area contributed by atoms with Crippen LogP contribution in [0.1, 0.15) is 62.7 Å². The van der Waals surface area contributed by atoms with E-state index in [0.29, 0.717) is 6.54 Å². The van der Waals surface area contributed by atoms with Gasteiger partial charge in [0.05, 0.1) is 11.3 Å². The van der Waals surface area contributed by atoms with Gasteiger partial charge >= 0.3 is 0 Å². The molecule has 0 unspecified atom stereocenters. The van der Waals surface area contributed by atoms with E-state index in [1.165, 1.54) is 24.8 Å². The summed E-state index contributed by atoms with van der Waals surface area (Å²) < 4.78 is 0. The first-order valence-corrected chi connectivity index (χ1v) is 10.5. The lowest BCUT2D eigenvalue weighted by Gasteiger charge is -2.32. The van der Waals surface area contributed by atoms with Gasteiger partial charge in [0.2, 0.25) is 0 Å². The molecule has 1 fully saturated rings. The lowest BCUT2D eigenvalue weighted by Crippen LogP contribution is -2.37. The van der Waals surface area contributed by atoms with Gasteiger partial charge in [0.1, 0.15) is 11.6 Å². The maximum absolute atomic E-state index is 12.7. The maximum Gasteiger partial charge on any atom is 0.255 e. The summed E-state index contributed by atoms with van der Waals surface area (Å²) in [7, 11) is 0. The van der Waals surface area contributed by atoms with E-state index in [1.807, 2.05) is 12.3 Å². The molecule has 0 aromatic carbocycles. The molecule has 0 aliphatic carbocycles. The molecule has 0 saturated carbocycles. The summed E-state index contributed by atoms with van der Waals surface area (Å²) in [5, 5.41) is 0. The number of nitrogens with one attached hydrogen (secondary N) is 1. The minimum Gasteiger partial charge on any atom is -0.356 e. The molecule has 4 rings (SSSR count). The van der Waals surface area contributed by atoms with E-state index in [9.17, 15) is 4.79 Å². The minimum atomic E-state index is -0.148. The topological polar surface area (TPSA) is 65.1 Å². The van der Waals surface area contributed by atoms with Crippen molar-refractivity contribution >= 4 is 5.82 Å². The first-order chi connectivity index (χ1) is 13.4. The van der Waals surface area contributed by atoms with Crippen LogP contribution in [0.4, 0.5) is 5.82 Å². The fourth-order valence-electron chi connectivity index (χ4n) is 4.16. The molecule has 0 atom stereocenters. The number of hydrogen-bond acceptors (Lipinski definition) is 5. The van der Waals surface area contributed by atoms with E-state index in [1.54, 1.807) is 0 Å². The van der Waals surface area contributed by atoms with E-state index in [0.717, 1.165) is 55.5 Å². The van der Waals surface area contributed by atoms with Crippen molar-refractivity contribution in [2.45, 2.75) is 65.0 Å². The van der Waals surface area contributed by atoms with Crippen molar-refractivity contribution in [2.75, 3.05) is 24.5 Å². The highest BCUT2D eigenvalue weighted by Gasteiger charge is 2.26. The second-order valence-electron chi connectivity index (χ2n) is 9.08. The number of piperidine rings is 1. The summed E-state index contributed by atoms with van der Waals surface area (Å²) in [5.41, 5.74) is 2.91. The van der Waals surface area contributed by atoms with Crippen LogP contribution in [0.15, 0.2) is 23.1 Å². The Bertz CT molecular complexity index is 893. The third kappa shape index (κ3) is 3.97. The van der Waals surface area contributed by atoms with E-state index >= 15 is 0 Å². The van der Waals surface area contributed by atoms with E-state index in [2.05, 4.69) is 46.6 Å². The van der Waals surface area contributed by atoms with Crippen molar-refractivity contribution in [3.63, 3.8) is 0 Å². The molecule has 0 spiro atoms. The van der Waals surface area contributed by atoms with Gasteiger partial charge < -0.3 is 9.88 Å². The van der Waals surface area contributed by atoms with Crippen molar-refractivity contribution < 1.29 is 0 Å². The molecule has 150 valence electrons. The number of rotatable bonds is 3. The van der Waals surface area contributed by atoms with Crippen LogP contribution in [0, 0.1) is 0 Å². The molecule has 1 saturated heterocycles. The van der Waals surface area contributed by atoms with Crippen molar-refractivity contribution in [3.8, 4) is 0 Å². The summed E-state index contributed by atoms with van der Waals surface area (Å²) in [5.74, 6) is 1.90. The van der Waals surface area contributed by atoms with Crippen LogP contribution in [-0.4, -0.2) is 39.5 Å². The van der Waals surface area contributed by atoms with Gasteiger partial charge in [-0.1, -0.05) is 26.8 Å². The van der Waals surface area contributed by atoms with E-state index in [-0.39, 0.29) is 11.0 Å².